The van der Waals surface area contributed by atoms with Crippen molar-refractivity contribution >= 4 is 11.9 Å². The molecule has 1 N–H and O–H groups in total. The Kier molecular flexibility index (Phi) is 3.67. The number of hydrogen-bond acceptors (Lipinski definition) is 2. The van der Waals surface area contributed by atoms with E-state index in [0.29, 0.717) is 0 Å². The molecule has 22 heavy (non-hydrogen) atoms. The number of carbonyl (C=O) groups excluding carboxylic acids is 2. The maximum atomic E-state index is 13.0. The number of rotatable bonds is 2. The zero-order valence-corrected chi connectivity index (χ0v) is 12.9. The van der Waals surface area contributed by atoms with Crippen molar-refractivity contribution in [3.05, 3.63) is 35.6 Å². The van der Waals surface area contributed by atoms with Crippen LogP contribution >= 0.6 is 0 Å². The topological polar surface area (TPSA) is 49.4 Å². The minimum atomic E-state index is -0.768. The minimum absolute atomic E-state index is 0.130. The van der Waals surface area contributed by atoms with Crippen molar-refractivity contribution in [1.29, 1.82) is 0 Å². The summed E-state index contributed by atoms with van der Waals surface area (Å²) in [6.07, 6.45) is 2.98. The number of urea groups is 1. The van der Waals surface area contributed by atoms with Crippen molar-refractivity contribution in [2.45, 2.75) is 45.2 Å². The summed E-state index contributed by atoms with van der Waals surface area (Å²) in [5.74, 6) is -0.203. The Balaban J connectivity index is 1.86. The van der Waals surface area contributed by atoms with Gasteiger partial charge in [0, 0.05) is 0 Å². The third-order valence-corrected chi connectivity index (χ3v) is 5.24. The Morgan fingerprint density at radius 2 is 1.77 bits per heavy atom. The second-order valence-corrected chi connectivity index (χ2v) is 6.55. The van der Waals surface area contributed by atoms with Crippen LogP contribution in [0.4, 0.5) is 9.18 Å². The molecule has 1 aliphatic carbocycles. The second-order valence-electron chi connectivity index (χ2n) is 6.55. The fourth-order valence-corrected chi connectivity index (χ4v) is 3.87. The summed E-state index contributed by atoms with van der Waals surface area (Å²) in [7, 11) is 0. The zero-order valence-electron chi connectivity index (χ0n) is 12.9. The second kappa shape index (κ2) is 5.38. The van der Waals surface area contributed by atoms with E-state index in [1.807, 2.05) is 13.8 Å². The van der Waals surface area contributed by atoms with E-state index < -0.39 is 5.54 Å². The molecule has 1 aromatic rings. The highest BCUT2D eigenvalue weighted by Crippen LogP contribution is 2.42. The number of imide groups is 1. The van der Waals surface area contributed by atoms with Gasteiger partial charge >= 0.3 is 6.03 Å². The Hall–Kier alpha value is -1.91. The van der Waals surface area contributed by atoms with E-state index in [1.165, 1.54) is 17.0 Å². The molecule has 0 radical (unpaired) electrons. The van der Waals surface area contributed by atoms with E-state index in [4.69, 9.17) is 0 Å². The van der Waals surface area contributed by atoms with Crippen LogP contribution in [0.2, 0.25) is 0 Å². The molecule has 1 saturated carbocycles. The molecule has 2 unspecified atom stereocenters. The van der Waals surface area contributed by atoms with Gasteiger partial charge in [0.05, 0.1) is 6.54 Å². The van der Waals surface area contributed by atoms with Gasteiger partial charge in [0.1, 0.15) is 11.4 Å². The van der Waals surface area contributed by atoms with Crippen molar-refractivity contribution in [2.24, 2.45) is 11.8 Å². The normalized spacial score (nSPS) is 31.7. The van der Waals surface area contributed by atoms with E-state index >= 15 is 0 Å². The van der Waals surface area contributed by atoms with Crippen LogP contribution in [0.3, 0.4) is 0 Å². The minimum Gasteiger partial charge on any atom is -0.323 e. The molecule has 2 fully saturated rings. The summed E-state index contributed by atoms with van der Waals surface area (Å²) in [5.41, 5.74) is -0.0203. The first kappa shape index (κ1) is 15.0. The first-order valence-corrected chi connectivity index (χ1v) is 7.83. The van der Waals surface area contributed by atoms with Crippen molar-refractivity contribution in [1.82, 2.24) is 10.2 Å². The van der Waals surface area contributed by atoms with Crippen molar-refractivity contribution in [3.63, 3.8) is 0 Å². The predicted octanol–water partition coefficient (Wildman–Crippen LogP) is 3.07. The number of amides is 3. The monoisotopic (exact) mass is 304 g/mol. The Labute approximate surface area is 129 Å². The van der Waals surface area contributed by atoms with Gasteiger partial charge in [0.15, 0.2) is 0 Å². The molecule has 4 nitrogen and oxygen atoms in total. The van der Waals surface area contributed by atoms with Crippen LogP contribution in [0.15, 0.2) is 24.3 Å². The number of halogens is 1. The van der Waals surface area contributed by atoms with Crippen LogP contribution < -0.4 is 5.32 Å². The number of hydrogen-bond donors (Lipinski definition) is 1. The fourth-order valence-electron chi connectivity index (χ4n) is 3.87. The standard InChI is InChI=1S/C17H21FN2O2/c1-11-4-3-5-12(2)17(11)15(21)20(16(22)19-17)10-13-6-8-14(18)9-7-13/h6-9,11-12H,3-5,10H2,1-2H3,(H,19,22). The molecular formula is C17H21FN2O2. The molecule has 5 heteroatoms. The average Bonchev–Trinajstić information content (AvgIpc) is 2.73. The van der Waals surface area contributed by atoms with E-state index in [9.17, 15) is 14.0 Å². The van der Waals surface area contributed by atoms with Crippen LogP contribution in [-0.4, -0.2) is 22.4 Å². The molecule has 3 amide bonds. The lowest BCUT2D eigenvalue weighted by Gasteiger charge is -2.42. The van der Waals surface area contributed by atoms with E-state index in [0.717, 1.165) is 24.8 Å². The summed E-state index contributed by atoms with van der Waals surface area (Å²) in [5, 5.41) is 2.96. The maximum absolute atomic E-state index is 13.0. The van der Waals surface area contributed by atoms with E-state index in [1.54, 1.807) is 12.1 Å². The molecule has 2 aliphatic rings. The summed E-state index contributed by atoms with van der Waals surface area (Å²) in [6, 6.07) is 5.56. The third kappa shape index (κ3) is 2.19. The number of carbonyl (C=O) groups is 2. The molecular weight excluding hydrogens is 283 g/mol. The highest BCUT2D eigenvalue weighted by molar-refractivity contribution is 6.07. The Bertz CT molecular complexity index is 589. The molecule has 1 saturated heterocycles. The molecule has 1 aliphatic heterocycles. The van der Waals surface area contributed by atoms with Gasteiger partial charge in [-0.25, -0.2) is 9.18 Å². The summed E-state index contributed by atoms with van der Waals surface area (Å²) in [6.45, 7) is 4.26. The smallest absolute Gasteiger partial charge is 0.323 e. The van der Waals surface area contributed by atoms with Crippen molar-refractivity contribution in [3.8, 4) is 0 Å². The van der Waals surface area contributed by atoms with Gasteiger partial charge in [-0.15, -0.1) is 0 Å². The van der Waals surface area contributed by atoms with Crippen LogP contribution in [0.1, 0.15) is 38.7 Å². The van der Waals surface area contributed by atoms with Crippen molar-refractivity contribution < 1.29 is 14.0 Å². The van der Waals surface area contributed by atoms with Gasteiger partial charge in [-0.2, -0.15) is 0 Å². The molecule has 0 bridgehead atoms. The Morgan fingerprint density at radius 3 is 2.36 bits per heavy atom. The molecule has 1 heterocycles. The SMILES string of the molecule is CC1CCCC(C)C12NC(=O)N(Cc1ccc(F)cc1)C2=O. The average molecular weight is 304 g/mol. The highest BCUT2D eigenvalue weighted by Gasteiger charge is 2.58. The molecule has 1 spiro atoms. The zero-order chi connectivity index (χ0) is 15.9. The van der Waals surface area contributed by atoms with Crippen LogP contribution in [0.5, 0.6) is 0 Å². The first-order valence-electron chi connectivity index (χ1n) is 7.83. The van der Waals surface area contributed by atoms with Crippen LogP contribution in [-0.2, 0) is 11.3 Å². The van der Waals surface area contributed by atoms with Crippen LogP contribution in [0, 0.1) is 17.7 Å². The molecule has 3 rings (SSSR count). The van der Waals surface area contributed by atoms with Gasteiger partial charge in [-0.1, -0.05) is 32.4 Å². The van der Waals surface area contributed by atoms with Gasteiger partial charge in [0.25, 0.3) is 5.91 Å². The number of nitrogens with zero attached hydrogens (tertiary/aromatic N) is 1. The largest absolute Gasteiger partial charge is 0.325 e. The predicted molar refractivity (Wildman–Crippen MR) is 80.4 cm³/mol. The fraction of sp³-hybridized carbons (Fsp3) is 0.529. The van der Waals surface area contributed by atoms with Crippen molar-refractivity contribution in [2.75, 3.05) is 0 Å². The quantitative estimate of drug-likeness (QED) is 0.854. The lowest BCUT2D eigenvalue weighted by molar-refractivity contribution is -0.136. The summed E-state index contributed by atoms with van der Waals surface area (Å²) in [4.78, 5) is 26.6. The van der Waals surface area contributed by atoms with Crippen LogP contribution in [0.25, 0.3) is 0 Å². The Morgan fingerprint density at radius 1 is 1.18 bits per heavy atom. The first-order chi connectivity index (χ1) is 10.4. The molecule has 118 valence electrons. The molecule has 0 aromatic heterocycles. The van der Waals surface area contributed by atoms with Gasteiger partial charge in [0.2, 0.25) is 0 Å². The van der Waals surface area contributed by atoms with Gasteiger partial charge < -0.3 is 5.32 Å². The summed E-state index contributed by atoms with van der Waals surface area (Å²) < 4.78 is 13.0. The van der Waals surface area contributed by atoms with E-state index in [2.05, 4.69) is 5.32 Å². The van der Waals surface area contributed by atoms with Gasteiger partial charge in [-0.3, -0.25) is 9.69 Å². The lowest BCUT2D eigenvalue weighted by Crippen LogP contribution is -2.58. The summed E-state index contributed by atoms with van der Waals surface area (Å²) >= 11 is 0. The lowest BCUT2D eigenvalue weighted by atomic mass is 9.67. The van der Waals surface area contributed by atoms with E-state index in [-0.39, 0.29) is 36.1 Å². The maximum Gasteiger partial charge on any atom is 0.325 e. The molecule has 2 atom stereocenters. The number of nitrogens with one attached hydrogen (secondary N) is 1. The molecule has 1 aromatic carbocycles. The highest BCUT2D eigenvalue weighted by atomic mass is 19.1. The number of benzene rings is 1. The van der Waals surface area contributed by atoms with Gasteiger partial charge in [-0.05, 0) is 42.4 Å². The third-order valence-electron chi connectivity index (χ3n) is 5.24.